The van der Waals surface area contributed by atoms with Gasteiger partial charge in [-0.3, -0.25) is 4.79 Å². The standard InChI is InChI=1S/C28H31N3O2/c1-29(20-25-8-4-5-9-27(25)30-16-18-33-19-17-30)28(32)23-10-12-26(13-11-23)31-15-14-22-6-2-3-7-24(22)21-31/h2-13H,14-21H2,1H3. The molecule has 2 heterocycles. The summed E-state index contributed by atoms with van der Waals surface area (Å²) in [7, 11) is 1.88. The molecule has 0 spiro atoms. The first-order chi connectivity index (χ1) is 16.2. The topological polar surface area (TPSA) is 36.0 Å². The van der Waals surface area contributed by atoms with E-state index in [1.165, 1.54) is 28.1 Å². The number of anilines is 2. The van der Waals surface area contributed by atoms with Crippen molar-refractivity contribution in [3.63, 3.8) is 0 Å². The van der Waals surface area contributed by atoms with Crippen LogP contribution in [-0.4, -0.2) is 50.7 Å². The average Bonchev–Trinajstić information content (AvgIpc) is 2.89. The molecule has 170 valence electrons. The Morgan fingerprint density at radius 2 is 1.55 bits per heavy atom. The lowest BCUT2D eigenvalue weighted by Gasteiger charge is -2.31. The number of carbonyl (C=O) groups is 1. The number of benzene rings is 3. The fourth-order valence-electron chi connectivity index (χ4n) is 4.84. The van der Waals surface area contributed by atoms with Gasteiger partial charge in [0, 0.05) is 56.7 Å². The van der Waals surface area contributed by atoms with Crippen molar-refractivity contribution in [2.24, 2.45) is 0 Å². The highest BCUT2D eigenvalue weighted by atomic mass is 16.5. The summed E-state index contributed by atoms with van der Waals surface area (Å²) in [5.41, 5.74) is 7.09. The van der Waals surface area contributed by atoms with Crippen LogP contribution in [0.1, 0.15) is 27.0 Å². The predicted molar refractivity (Wildman–Crippen MR) is 133 cm³/mol. The highest BCUT2D eigenvalue weighted by Crippen LogP contribution is 2.26. The van der Waals surface area contributed by atoms with Gasteiger partial charge < -0.3 is 19.4 Å². The van der Waals surface area contributed by atoms with E-state index in [1.807, 2.05) is 30.1 Å². The number of amides is 1. The molecule has 0 saturated carbocycles. The van der Waals surface area contributed by atoms with Crippen molar-refractivity contribution < 1.29 is 9.53 Å². The lowest BCUT2D eigenvalue weighted by atomic mass is 9.99. The molecule has 33 heavy (non-hydrogen) atoms. The van der Waals surface area contributed by atoms with E-state index >= 15 is 0 Å². The summed E-state index contributed by atoms with van der Waals surface area (Å²) < 4.78 is 5.50. The minimum absolute atomic E-state index is 0.0438. The predicted octanol–water partition coefficient (Wildman–Crippen LogP) is 4.36. The van der Waals surface area contributed by atoms with E-state index in [1.54, 1.807) is 0 Å². The van der Waals surface area contributed by atoms with Crippen LogP contribution in [0.2, 0.25) is 0 Å². The van der Waals surface area contributed by atoms with E-state index in [9.17, 15) is 4.79 Å². The van der Waals surface area contributed by atoms with Crippen LogP contribution in [0, 0.1) is 0 Å². The largest absolute Gasteiger partial charge is 0.378 e. The molecule has 1 saturated heterocycles. The molecule has 3 aromatic carbocycles. The highest BCUT2D eigenvalue weighted by molar-refractivity contribution is 5.94. The van der Waals surface area contributed by atoms with Crippen LogP contribution in [0.25, 0.3) is 0 Å². The third-order valence-corrected chi connectivity index (χ3v) is 6.71. The Hall–Kier alpha value is -3.31. The summed E-state index contributed by atoms with van der Waals surface area (Å²) in [4.78, 5) is 19.7. The SMILES string of the molecule is CN(Cc1ccccc1N1CCOCC1)C(=O)c1ccc(N2CCc3ccccc3C2)cc1. The Morgan fingerprint density at radius 3 is 2.33 bits per heavy atom. The van der Waals surface area contributed by atoms with Gasteiger partial charge in [-0.25, -0.2) is 0 Å². The van der Waals surface area contributed by atoms with Crippen molar-refractivity contribution in [1.82, 2.24) is 4.90 Å². The van der Waals surface area contributed by atoms with Gasteiger partial charge in [0.1, 0.15) is 0 Å². The van der Waals surface area contributed by atoms with Gasteiger partial charge in [0.15, 0.2) is 0 Å². The van der Waals surface area contributed by atoms with E-state index in [0.29, 0.717) is 6.54 Å². The summed E-state index contributed by atoms with van der Waals surface area (Å²) in [6, 6.07) is 25.1. The van der Waals surface area contributed by atoms with Crippen molar-refractivity contribution in [1.29, 1.82) is 0 Å². The molecular weight excluding hydrogens is 410 g/mol. The van der Waals surface area contributed by atoms with Crippen LogP contribution >= 0.6 is 0 Å². The molecule has 5 nitrogen and oxygen atoms in total. The first-order valence-corrected chi connectivity index (χ1v) is 11.8. The molecular formula is C28H31N3O2. The number of para-hydroxylation sites is 1. The second kappa shape index (κ2) is 9.67. The number of rotatable bonds is 5. The van der Waals surface area contributed by atoms with E-state index in [0.717, 1.165) is 51.4 Å². The highest BCUT2D eigenvalue weighted by Gasteiger charge is 2.19. The van der Waals surface area contributed by atoms with Gasteiger partial charge >= 0.3 is 0 Å². The van der Waals surface area contributed by atoms with Crippen LogP contribution in [-0.2, 0) is 24.2 Å². The number of ether oxygens (including phenoxy) is 1. The second-order valence-electron chi connectivity index (χ2n) is 8.88. The molecule has 0 unspecified atom stereocenters. The van der Waals surface area contributed by atoms with Crippen LogP contribution in [0.15, 0.2) is 72.8 Å². The Balaban J connectivity index is 1.26. The minimum atomic E-state index is 0.0438. The summed E-state index contributed by atoms with van der Waals surface area (Å²) in [6.07, 6.45) is 1.06. The van der Waals surface area contributed by atoms with Crippen molar-refractivity contribution in [3.05, 3.63) is 95.1 Å². The Kier molecular flexibility index (Phi) is 6.31. The van der Waals surface area contributed by atoms with Gasteiger partial charge in [-0.05, 0) is 53.4 Å². The maximum absolute atomic E-state index is 13.2. The summed E-state index contributed by atoms with van der Waals surface area (Å²) >= 11 is 0. The smallest absolute Gasteiger partial charge is 0.253 e. The average molecular weight is 442 g/mol. The van der Waals surface area contributed by atoms with Gasteiger partial charge in [0.25, 0.3) is 5.91 Å². The normalized spacial score (nSPS) is 15.8. The molecule has 1 fully saturated rings. The summed E-state index contributed by atoms with van der Waals surface area (Å²) in [5, 5.41) is 0. The van der Waals surface area contributed by atoms with Crippen molar-refractivity contribution in [2.45, 2.75) is 19.5 Å². The van der Waals surface area contributed by atoms with E-state index in [4.69, 9.17) is 4.74 Å². The molecule has 0 aromatic heterocycles. The third-order valence-electron chi connectivity index (χ3n) is 6.71. The van der Waals surface area contributed by atoms with Crippen LogP contribution < -0.4 is 9.80 Å². The van der Waals surface area contributed by atoms with E-state index in [-0.39, 0.29) is 5.91 Å². The zero-order chi connectivity index (χ0) is 22.6. The summed E-state index contributed by atoms with van der Waals surface area (Å²) in [5.74, 6) is 0.0438. The maximum atomic E-state index is 13.2. The zero-order valence-corrected chi connectivity index (χ0v) is 19.2. The van der Waals surface area contributed by atoms with Crippen molar-refractivity contribution in [3.8, 4) is 0 Å². The molecule has 5 heteroatoms. The monoisotopic (exact) mass is 441 g/mol. The minimum Gasteiger partial charge on any atom is -0.378 e. The molecule has 0 N–H and O–H groups in total. The van der Waals surface area contributed by atoms with E-state index in [2.05, 4.69) is 64.4 Å². The third kappa shape index (κ3) is 4.74. The molecule has 0 aliphatic carbocycles. The lowest BCUT2D eigenvalue weighted by Crippen LogP contribution is -2.37. The molecule has 5 rings (SSSR count). The maximum Gasteiger partial charge on any atom is 0.253 e. The van der Waals surface area contributed by atoms with E-state index < -0.39 is 0 Å². The molecule has 0 bridgehead atoms. The fraction of sp³-hybridized carbons (Fsp3) is 0.321. The quantitative estimate of drug-likeness (QED) is 0.590. The molecule has 1 amide bonds. The zero-order valence-electron chi connectivity index (χ0n) is 19.2. The second-order valence-corrected chi connectivity index (χ2v) is 8.88. The number of hydrogen-bond acceptors (Lipinski definition) is 4. The number of nitrogens with zero attached hydrogens (tertiary/aromatic N) is 3. The van der Waals surface area contributed by atoms with Gasteiger partial charge in [0.05, 0.1) is 13.2 Å². The van der Waals surface area contributed by atoms with Crippen LogP contribution in [0.5, 0.6) is 0 Å². The van der Waals surface area contributed by atoms with Gasteiger partial charge in [-0.2, -0.15) is 0 Å². The number of carbonyl (C=O) groups excluding carboxylic acids is 1. The first kappa shape index (κ1) is 21.5. The van der Waals surface area contributed by atoms with Gasteiger partial charge in [-0.1, -0.05) is 42.5 Å². The molecule has 0 atom stereocenters. The van der Waals surface area contributed by atoms with Gasteiger partial charge in [-0.15, -0.1) is 0 Å². The summed E-state index contributed by atoms with van der Waals surface area (Å²) in [6.45, 7) is 5.77. The Morgan fingerprint density at radius 1 is 0.848 bits per heavy atom. The van der Waals surface area contributed by atoms with Crippen LogP contribution in [0.4, 0.5) is 11.4 Å². The fourth-order valence-corrected chi connectivity index (χ4v) is 4.84. The first-order valence-electron chi connectivity index (χ1n) is 11.8. The number of fused-ring (bicyclic) bond motifs is 1. The molecule has 2 aliphatic rings. The van der Waals surface area contributed by atoms with Gasteiger partial charge in [0.2, 0.25) is 0 Å². The molecule has 2 aliphatic heterocycles. The van der Waals surface area contributed by atoms with Crippen molar-refractivity contribution in [2.75, 3.05) is 49.7 Å². The van der Waals surface area contributed by atoms with Crippen molar-refractivity contribution >= 4 is 17.3 Å². The number of hydrogen-bond donors (Lipinski definition) is 0. The molecule has 3 aromatic rings. The number of morpholine rings is 1. The lowest BCUT2D eigenvalue weighted by molar-refractivity contribution is 0.0785. The van der Waals surface area contributed by atoms with Crippen LogP contribution in [0.3, 0.4) is 0 Å². The Labute approximate surface area is 196 Å². The molecule has 0 radical (unpaired) electrons. The Bertz CT molecular complexity index is 1110.